The average molecular weight is 277 g/mol. The molecule has 0 spiro atoms. The molecule has 0 saturated carbocycles. The molecule has 0 aliphatic rings. The molecule has 0 unspecified atom stereocenters. The predicted molar refractivity (Wildman–Crippen MR) is 80.7 cm³/mol. The molecule has 0 aliphatic carbocycles. The number of aromatic nitrogens is 2. The normalized spacial score (nSPS) is 11.5. The maximum atomic E-state index is 12.6. The van der Waals surface area contributed by atoms with Crippen molar-refractivity contribution in [3.8, 4) is 11.3 Å². The Labute approximate surface area is 116 Å². The molecule has 0 bridgehead atoms. The Hall–Kier alpha value is -1.62. The summed E-state index contributed by atoms with van der Waals surface area (Å²) in [6.07, 6.45) is 0. The molecule has 2 aromatic rings. The van der Waals surface area contributed by atoms with Crippen molar-refractivity contribution in [2.75, 3.05) is 5.73 Å². The summed E-state index contributed by atoms with van der Waals surface area (Å²) in [5.74, 6) is 0.310. The van der Waals surface area contributed by atoms with Crippen molar-refractivity contribution in [3.05, 3.63) is 33.6 Å². The Balaban J connectivity index is 2.67. The highest BCUT2D eigenvalue weighted by molar-refractivity contribution is 7.13. The van der Waals surface area contributed by atoms with Crippen LogP contribution in [0.5, 0.6) is 0 Å². The monoisotopic (exact) mass is 277 g/mol. The minimum atomic E-state index is 0.00602. The Morgan fingerprint density at radius 1 is 1.26 bits per heavy atom. The van der Waals surface area contributed by atoms with E-state index in [1.807, 2.05) is 35.9 Å². The summed E-state index contributed by atoms with van der Waals surface area (Å²) >= 11 is 1.35. The molecule has 0 amide bonds. The van der Waals surface area contributed by atoms with Gasteiger partial charge in [0.05, 0.1) is 11.3 Å². The maximum absolute atomic E-state index is 12.6. The summed E-state index contributed by atoms with van der Waals surface area (Å²) in [5, 5.41) is 2.31. The topological polar surface area (TPSA) is 60.9 Å². The van der Waals surface area contributed by atoms with Crippen LogP contribution in [-0.4, -0.2) is 9.55 Å². The Morgan fingerprint density at radius 3 is 2.42 bits per heavy atom. The van der Waals surface area contributed by atoms with Gasteiger partial charge in [0.15, 0.2) is 5.13 Å². The van der Waals surface area contributed by atoms with Gasteiger partial charge >= 0.3 is 0 Å². The average Bonchev–Trinajstić information content (AvgIpc) is 2.74. The van der Waals surface area contributed by atoms with Gasteiger partial charge in [-0.3, -0.25) is 4.79 Å². The number of hydrogen-bond acceptors (Lipinski definition) is 4. The van der Waals surface area contributed by atoms with Crippen LogP contribution in [0.2, 0.25) is 0 Å². The molecule has 0 aromatic carbocycles. The molecule has 0 fully saturated rings. The highest BCUT2D eigenvalue weighted by Gasteiger charge is 2.16. The van der Waals surface area contributed by atoms with Crippen LogP contribution in [0.4, 0.5) is 5.13 Å². The summed E-state index contributed by atoms with van der Waals surface area (Å²) in [4.78, 5) is 16.8. The van der Waals surface area contributed by atoms with E-state index in [-0.39, 0.29) is 11.6 Å². The fraction of sp³-hybridized carbons (Fsp3) is 0.429. The van der Waals surface area contributed by atoms with Crippen LogP contribution < -0.4 is 11.3 Å². The molecule has 2 rings (SSSR count). The first-order valence-electron chi connectivity index (χ1n) is 6.38. The molecule has 2 heterocycles. The molecule has 102 valence electrons. The lowest BCUT2D eigenvalue weighted by Gasteiger charge is -2.19. The van der Waals surface area contributed by atoms with E-state index in [9.17, 15) is 4.79 Å². The summed E-state index contributed by atoms with van der Waals surface area (Å²) < 4.78 is 1.84. The van der Waals surface area contributed by atoms with Crippen LogP contribution in [0, 0.1) is 0 Å². The third-order valence-corrected chi connectivity index (χ3v) is 3.73. The summed E-state index contributed by atoms with van der Waals surface area (Å²) in [5.41, 5.74) is 7.98. The van der Waals surface area contributed by atoms with Gasteiger partial charge in [-0.2, -0.15) is 0 Å². The Bertz CT molecular complexity index is 640. The first-order chi connectivity index (χ1) is 8.91. The Kier molecular flexibility index (Phi) is 3.75. The van der Waals surface area contributed by atoms with Gasteiger partial charge in [-0.25, -0.2) is 4.98 Å². The first-order valence-corrected chi connectivity index (χ1v) is 7.26. The number of anilines is 1. The number of thiazole rings is 1. The van der Waals surface area contributed by atoms with Crippen LogP contribution in [0.15, 0.2) is 22.3 Å². The van der Waals surface area contributed by atoms with Crippen LogP contribution >= 0.6 is 11.3 Å². The van der Waals surface area contributed by atoms with Gasteiger partial charge in [0.1, 0.15) is 0 Å². The highest BCUT2D eigenvalue weighted by atomic mass is 32.1. The molecule has 19 heavy (non-hydrogen) atoms. The van der Waals surface area contributed by atoms with Gasteiger partial charge in [-0.05, 0) is 31.9 Å². The Morgan fingerprint density at radius 2 is 1.95 bits per heavy atom. The number of nitrogens with two attached hydrogens (primary N) is 1. The molecule has 0 aliphatic heterocycles. The molecular formula is C14H19N3OS. The number of rotatable bonds is 3. The SMILES string of the molecule is CC(C)c1ccc(-c2csc(N)n2)c(=O)n1C(C)C. The van der Waals surface area contributed by atoms with E-state index in [1.54, 1.807) is 0 Å². The second-order valence-electron chi connectivity index (χ2n) is 5.17. The third-order valence-electron chi connectivity index (χ3n) is 3.05. The molecule has 0 atom stereocenters. The molecule has 0 radical (unpaired) electrons. The molecular weight excluding hydrogens is 258 g/mol. The van der Waals surface area contributed by atoms with E-state index >= 15 is 0 Å². The van der Waals surface area contributed by atoms with Crippen molar-refractivity contribution in [3.63, 3.8) is 0 Å². The van der Waals surface area contributed by atoms with Gasteiger partial charge in [0.25, 0.3) is 5.56 Å². The van der Waals surface area contributed by atoms with E-state index in [0.29, 0.717) is 22.3 Å². The fourth-order valence-corrected chi connectivity index (χ4v) is 2.74. The van der Waals surface area contributed by atoms with Gasteiger partial charge in [0, 0.05) is 17.1 Å². The second-order valence-corrected chi connectivity index (χ2v) is 6.06. The van der Waals surface area contributed by atoms with E-state index in [4.69, 9.17) is 5.73 Å². The van der Waals surface area contributed by atoms with Crippen molar-refractivity contribution in [1.82, 2.24) is 9.55 Å². The zero-order valence-corrected chi connectivity index (χ0v) is 12.5. The summed E-state index contributed by atoms with van der Waals surface area (Å²) in [6.45, 7) is 8.22. The second kappa shape index (κ2) is 5.17. The zero-order valence-electron chi connectivity index (χ0n) is 11.7. The molecule has 0 saturated heterocycles. The fourth-order valence-electron chi connectivity index (χ4n) is 2.18. The molecule has 5 heteroatoms. The third kappa shape index (κ3) is 2.56. The van der Waals surface area contributed by atoms with Gasteiger partial charge in [-0.15, -0.1) is 11.3 Å². The smallest absolute Gasteiger partial charge is 0.260 e. The number of nitrogen functional groups attached to an aromatic ring is 1. The quantitative estimate of drug-likeness (QED) is 0.936. The van der Waals surface area contributed by atoms with Crippen molar-refractivity contribution >= 4 is 16.5 Å². The van der Waals surface area contributed by atoms with Crippen LogP contribution in [0.25, 0.3) is 11.3 Å². The van der Waals surface area contributed by atoms with Crippen LogP contribution in [-0.2, 0) is 0 Å². The standard InChI is InChI=1S/C14H19N3OS/c1-8(2)12-6-5-10(11-7-19-14(15)16-11)13(18)17(12)9(3)4/h5-9H,1-4H3,(H2,15,16). The minimum absolute atomic E-state index is 0.00602. The minimum Gasteiger partial charge on any atom is -0.375 e. The zero-order chi connectivity index (χ0) is 14.2. The van der Waals surface area contributed by atoms with Crippen molar-refractivity contribution in [2.45, 2.75) is 39.7 Å². The lowest BCUT2D eigenvalue weighted by molar-refractivity contribution is 0.536. The summed E-state index contributed by atoms with van der Waals surface area (Å²) in [7, 11) is 0. The van der Waals surface area contributed by atoms with E-state index in [2.05, 4.69) is 18.8 Å². The predicted octanol–water partition coefficient (Wildman–Crippen LogP) is 3.26. The number of pyridine rings is 1. The number of nitrogens with zero attached hydrogens (tertiary/aromatic N) is 2. The number of hydrogen-bond donors (Lipinski definition) is 1. The largest absolute Gasteiger partial charge is 0.375 e. The first kappa shape index (κ1) is 13.8. The molecule has 2 N–H and O–H groups in total. The lowest BCUT2D eigenvalue weighted by atomic mass is 10.1. The van der Waals surface area contributed by atoms with Gasteiger partial charge in [0.2, 0.25) is 0 Å². The van der Waals surface area contributed by atoms with Crippen molar-refractivity contribution < 1.29 is 0 Å². The van der Waals surface area contributed by atoms with Gasteiger partial charge in [-0.1, -0.05) is 13.8 Å². The van der Waals surface area contributed by atoms with E-state index in [0.717, 1.165) is 5.69 Å². The summed E-state index contributed by atoms with van der Waals surface area (Å²) in [6, 6.07) is 3.99. The van der Waals surface area contributed by atoms with E-state index in [1.165, 1.54) is 11.3 Å². The molecule has 2 aromatic heterocycles. The van der Waals surface area contributed by atoms with Crippen LogP contribution in [0.3, 0.4) is 0 Å². The van der Waals surface area contributed by atoms with Crippen molar-refractivity contribution in [1.29, 1.82) is 0 Å². The maximum Gasteiger partial charge on any atom is 0.260 e. The van der Waals surface area contributed by atoms with Gasteiger partial charge < -0.3 is 10.3 Å². The van der Waals surface area contributed by atoms with Crippen LogP contribution in [0.1, 0.15) is 45.3 Å². The highest BCUT2D eigenvalue weighted by Crippen LogP contribution is 2.23. The van der Waals surface area contributed by atoms with Crippen molar-refractivity contribution in [2.24, 2.45) is 0 Å². The lowest BCUT2D eigenvalue weighted by Crippen LogP contribution is -2.27. The molecule has 4 nitrogen and oxygen atoms in total. The van der Waals surface area contributed by atoms with E-state index < -0.39 is 0 Å².